The van der Waals surface area contributed by atoms with E-state index in [-0.39, 0.29) is 23.9 Å². The quantitative estimate of drug-likeness (QED) is 0.362. The van der Waals surface area contributed by atoms with Crippen LogP contribution in [0.2, 0.25) is 0 Å². The summed E-state index contributed by atoms with van der Waals surface area (Å²) in [6, 6.07) is 24.7. The lowest BCUT2D eigenvalue weighted by molar-refractivity contribution is -0.133. The molecule has 1 fully saturated rings. The van der Waals surface area contributed by atoms with Crippen molar-refractivity contribution in [3.8, 4) is 5.75 Å². The number of rotatable bonds is 11. The number of hydrogen-bond donors (Lipinski definition) is 0. The molecule has 1 amide bonds. The maximum absolute atomic E-state index is 13.7. The molecule has 1 heterocycles. The second kappa shape index (κ2) is 13.6. The number of nitrogens with zero attached hydrogens (tertiary/aromatic N) is 3. The summed E-state index contributed by atoms with van der Waals surface area (Å²) in [6.45, 7) is 5.30. The van der Waals surface area contributed by atoms with E-state index >= 15 is 0 Å². The van der Waals surface area contributed by atoms with Crippen LogP contribution >= 0.6 is 0 Å². The van der Waals surface area contributed by atoms with Crippen molar-refractivity contribution in [1.29, 1.82) is 0 Å². The fraction of sp³-hybridized carbons (Fsp3) is 0.323. The van der Waals surface area contributed by atoms with Crippen LogP contribution in [-0.4, -0.2) is 81.4 Å². The maximum atomic E-state index is 13.7. The highest BCUT2D eigenvalue weighted by Gasteiger charge is 2.30. The van der Waals surface area contributed by atoms with Gasteiger partial charge in [0.2, 0.25) is 15.9 Å². The van der Waals surface area contributed by atoms with Gasteiger partial charge in [-0.05, 0) is 48.2 Å². The number of carbonyl (C=O) groups is 1. The number of ether oxygens (including phenoxy) is 1. The van der Waals surface area contributed by atoms with E-state index in [0.29, 0.717) is 25.3 Å². The van der Waals surface area contributed by atoms with Gasteiger partial charge in [-0.1, -0.05) is 72.8 Å². The standard InChI is InChI=1S/C31H37N3O4S/c1-26-24-29(15-16-30(26)38-2)39(36,37)34(19-17-28-12-7-4-8-13-28)25-31(35)33-22-20-32(21-23-33)18-9-14-27-10-5-3-6-11-27/h3-16,24H,17-23,25H2,1-2H3/b14-9+. The van der Waals surface area contributed by atoms with Crippen molar-refractivity contribution in [2.75, 3.05) is 52.9 Å². The number of methoxy groups -OCH3 is 1. The van der Waals surface area contributed by atoms with Crippen LogP contribution in [0.25, 0.3) is 6.08 Å². The Kier molecular flexibility index (Phi) is 9.92. The van der Waals surface area contributed by atoms with Gasteiger partial charge in [-0.25, -0.2) is 8.42 Å². The molecule has 0 saturated carbocycles. The van der Waals surface area contributed by atoms with Crippen LogP contribution in [0.3, 0.4) is 0 Å². The largest absolute Gasteiger partial charge is 0.496 e. The van der Waals surface area contributed by atoms with Crippen LogP contribution in [0.1, 0.15) is 16.7 Å². The Morgan fingerprint density at radius 3 is 2.26 bits per heavy atom. The van der Waals surface area contributed by atoms with E-state index < -0.39 is 10.0 Å². The molecule has 39 heavy (non-hydrogen) atoms. The van der Waals surface area contributed by atoms with Gasteiger partial charge >= 0.3 is 0 Å². The lowest BCUT2D eigenvalue weighted by atomic mass is 10.1. The Hall–Kier alpha value is -3.46. The summed E-state index contributed by atoms with van der Waals surface area (Å²) in [6.07, 6.45) is 4.76. The number of hydrogen-bond acceptors (Lipinski definition) is 5. The van der Waals surface area contributed by atoms with Crippen molar-refractivity contribution in [2.45, 2.75) is 18.2 Å². The Labute approximate surface area is 232 Å². The van der Waals surface area contributed by atoms with Crippen molar-refractivity contribution < 1.29 is 17.9 Å². The van der Waals surface area contributed by atoms with Gasteiger partial charge in [-0.15, -0.1) is 0 Å². The molecule has 1 saturated heterocycles. The van der Waals surface area contributed by atoms with E-state index in [0.717, 1.165) is 36.3 Å². The number of carbonyl (C=O) groups excluding carboxylic acids is 1. The van der Waals surface area contributed by atoms with Gasteiger partial charge in [-0.3, -0.25) is 9.69 Å². The van der Waals surface area contributed by atoms with Crippen molar-refractivity contribution in [3.63, 3.8) is 0 Å². The zero-order chi connectivity index (χ0) is 27.7. The molecule has 1 aliphatic heterocycles. The third kappa shape index (κ3) is 7.79. The first-order valence-electron chi connectivity index (χ1n) is 13.3. The molecule has 7 nitrogen and oxygen atoms in total. The van der Waals surface area contributed by atoms with Crippen LogP contribution in [-0.2, 0) is 21.2 Å². The minimum atomic E-state index is -3.89. The Balaban J connectivity index is 1.40. The molecule has 8 heteroatoms. The first-order chi connectivity index (χ1) is 18.9. The molecule has 0 aromatic heterocycles. The summed E-state index contributed by atoms with van der Waals surface area (Å²) >= 11 is 0. The number of amides is 1. The van der Waals surface area contributed by atoms with E-state index in [2.05, 4.69) is 29.2 Å². The van der Waals surface area contributed by atoms with Crippen molar-refractivity contribution in [1.82, 2.24) is 14.1 Å². The van der Waals surface area contributed by atoms with Crippen molar-refractivity contribution >= 4 is 22.0 Å². The summed E-state index contributed by atoms with van der Waals surface area (Å²) in [7, 11) is -2.33. The molecule has 0 bridgehead atoms. The Morgan fingerprint density at radius 1 is 0.949 bits per heavy atom. The summed E-state index contributed by atoms with van der Waals surface area (Å²) in [5.41, 5.74) is 2.91. The zero-order valence-electron chi connectivity index (χ0n) is 22.7. The maximum Gasteiger partial charge on any atom is 0.243 e. The molecule has 0 radical (unpaired) electrons. The highest BCUT2D eigenvalue weighted by atomic mass is 32.2. The highest BCUT2D eigenvalue weighted by Crippen LogP contribution is 2.24. The minimum Gasteiger partial charge on any atom is -0.496 e. The van der Waals surface area contributed by atoms with E-state index in [1.54, 1.807) is 30.2 Å². The average Bonchev–Trinajstić information content (AvgIpc) is 2.96. The second-order valence-electron chi connectivity index (χ2n) is 9.70. The first-order valence-corrected chi connectivity index (χ1v) is 14.7. The van der Waals surface area contributed by atoms with Crippen molar-refractivity contribution in [3.05, 3.63) is 102 Å². The second-order valence-corrected chi connectivity index (χ2v) is 11.6. The van der Waals surface area contributed by atoms with Crippen LogP contribution in [0, 0.1) is 6.92 Å². The van der Waals surface area contributed by atoms with E-state index in [4.69, 9.17) is 4.74 Å². The molecule has 0 atom stereocenters. The molecule has 0 spiro atoms. The topological polar surface area (TPSA) is 70.2 Å². The normalized spacial score (nSPS) is 14.7. The number of sulfonamides is 1. The fourth-order valence-electron chi connectivity index (χ4n) is 4.68. The smallest absolute Gasteiger partial charge is 0.243 e. The Morgan fingerprint density at radius 2 is 1.62 bits per heavy atom. The number of piperazine rings is 1. The van der Waals surface area contributed by atoms with E-state index in [9.17, 15) is 13.2 Å². The lowest BCUT2D eigenvalue weighted by Gasteiger charge is -2.35. The van der Waals surface area contributed by atoms with Gasteiger partial charge in [0.25, 0.3) is 0 Å². The first kappa shape index (κ1) is 28.5. The molecule has 0 N–H and O–H groups in total. The average molecular weight is 548 g/mol. The van der Waals surface area contributed by atoms with Crippen molar-refractivity contribution in [2.24, 2.45) is 0 Å². The van der Waals surface area contributed by atoms with Crippen LogP contribution in [0.5, 0.6) is 5.75 Å². The molecule has 0 unspecified atom stereocenters. The van der Waals surface area contributed by atoms with Gasteiger partial charge in [0, 0.05) is 39.3 Å². The van der Waals surface area contributed by atoms with Crippen LogP contribution < -0.4 is 4.74 Å². The minimum absolute atomic E-state index is 0.164. The van der Waals surface area contributed by atoms with Gasteiger partial charge in [-0.2, -0.15) is 4.31 Å². The zero-order valence-corrected chi connectivity index (χ0v) is 23.5. The molecule has 1 aliphatic rings. The van der Waals surface area contributed by atoms with E-state index in [1.807, 2.05) is 55.5 Å². The predicted octanol–water partition coefficient (Wildman–Crippen LogP) is 4.09. The molecule has 206 valence electrons. The predicted molar refractivity (Wildman–Crippen MR) is 155 cm³/mol. The fourth-order valence-corrected chi connectivity index (χ4v) is 6.15. The molecule has 0 aliphatic carbocycles. The SMILES string of the molecule is COc1ccc(S(=O)(=O)N(CCc2ccccc2)CC(=O)N2CCN(C/C=C/c3ccccc3)CC2)cc1C. The highest BCUT2D eigenvalue weighted by molar-refractivity contribution is 7.89. The Bertz CT molecular complexity index is 1350. The van der Waals surface area contributed by atoms with E-state index in [1.165, 1.54) is 4.31 Å². The summed E-state index contributed by atoms with van der Waals surface area (Å²) in [4.78, 5) is 17.6. The summed E-state index contributed by atoms with van der Waals surface area (Å²) in [5.74, 6) is 0.452. The summed E-state index contributed by atoms with van der Waals surface area (Å²) in [5, 5.41) is 0. The third-order valence-corrected chi connectivity index (χ3v) is 8.85. The molecule has 3 aromatic carbocycles. The van der Waals surface area contributed by atoms with Gasteiger partial charge in [0.15, 0.2) is 0 Å². The van der Waals surface area contributed by atoms with Crippen LogP contribution in [0.15, 0.2) is 89.8 Å². The third-order valence-electron chi connectivity index (χ3n) is 7.01. The number of benzene rings is 3. The molecular weight excluding hydrogens is 510 g/mol. The summed E-state index contributed by atoms with van der Waals surface area (Å²) < 4.78 is 34.0. The van der Waals surface area contributed by atoms with Gasteiger partial charge in [0.1, 0.15) is 5.75 Å². The monoisotopic (exact) mass is 547 g/mol. The van der Waals surface area contributed by atoms with Gasteiger partial charge < -0.3 is 9.64 Å². The van der Waals surface area contributed by atoms with Crippen LogP contribution in [0.4, 0.5) is 0 Å². The number of aryl methyl sites for hydroxylation is 1. The molecule has 4 rings (SSSR count). The van der Waals surface area contributed by atoms with Gasteiger partial charge in [0.05, 0.1) is 18.6 Å². The molecule has 3 aromatic rings. The lowest BCUT2D eigenvalue weighted by Crippen LogP contribution is -2.51. The molecular formula is C31H37N3O4S.